The van der Waals surface area contributed by atoms with Gasteiger partial charge in [-0.1, -0.05) is 12.1 Å². The monoisotopic (exact) mass is 335 g/mol. The van der Waals surface area contributed by atoms with Gasteiger partial charge in [0.05, 0.1) is 13.2 Å². The molecule has 1 fully saturated rings. The second-order valence-electron chi connectivity index (χ2n) is 7.08. The van der Waals surface area contributed by atoms with Crippen LogP contribution in [0.4, 0.5) is 0 Å². The van der Waals surface area contributed by atoms with Gasteiger partial charge in [0.15, 0.2) is 6.61 Å². The highest BCUT2D eigenvalue weighted by molar-refractivity contribution is 5.71. The van der Waals surface area contributed by atoms with Crippen molar-refractivity contribution in [2.24, 2.45) is 0 Å². The molecule has 2 rings (SSSR count). The maximum absolute atomic E-state index is 11.7. The minimum absolute atomic E-state index is 0.0610. The van der Waals surface area contributed by atoms with Gasteiger partial charge in [0.25, 0.3) is 0 Å². The van der Waals surface area contributed by atoms with E-state index in [1.54, 1.807) is 0 Å². The molecule has 0 N–H and O–H groups in total. The molecule has 0 amide bonds. The van der Waals surface area contributed by atoms with Crippen LogP contribution in [-0.2, 0) is 20.7 Å². The fourth-order valence-corrected chi connectivity index (χ4v) is 2.64. The predicted molar refractivity (Wildman–Crippen MR) is 93.4 cm³/mol. The van der Waals surface area contributed by atoms with E-state index in [9.17, 15) is 4.79 Å². The Morgan fingerprint density at radius 3 is 2.71 bits per heavy atom. The maximum Gasteiger partial charge on any atom is 0.344 e. The van der Waals surface area contributed by atoms with Gasteiger partial charge in [-0.2, -0.15) is 0 Å². The van der Waals surface area contributed by atoms with E-state index in [1.165, 1.54) is 5.56 Å². The molecule has 0 atom stereocenters. The first-order chi connectivity index (χ1) is 11.4. The highest BCUT2D eigenvalue weighted by atomic mass is 16.6. The lowest BCUT2D eigenvalue weighted by atomic mass is 10.1. The maximum atomic E-state index is 11.7. The van der Waals surface area contributed by atoms with E-state index >= 15 is 0 Å². The van der Waals surface area contributed by atoms with E-state index in [0.717, 1.165) is 45.7 Å². The molecule has 1 heterocycles. The molecule has 5 nitrogen and oxygen atoms in total. The summed E-state index contributed by atoms with van der Waals surface area (Å²) in [5.74, 6) is 0.366. The second kappa shape index (κ2) is 9.04. The van der Waals surface area contributed by atoms with Gasteiger partial charge in [-0.15, -0.1) is 0 Å². The van der Waals surface area contributed by atoms with Gasteiger partial charge >= 0.3 is 5.97 Å². The van der Waals surface area contributed by atoms with E-state index in [0.29, 0.717) is 5.75 Å². The van der Waals surface area contributed by atoms with E-state index in [2.05, 4.69) is 11.0 Å². The van der Waals surface area contributed by atoms with Crippen LogP contribution >= 0.6 is 0 Å². The van der Waals surface area contributed by atoms with Crippen molar-refractivity contribution in [3.8, 4) is 5.75 Å². The van der Waals surface area contributed by atoms with Gasteiger partial charge in [-0.25, -0.2) is 4.79 Å². The van der Waals surface area contributed by atoms with Crippen LogP contribution in [0.1, 0.15) is 32.8 Å². The summed E-state index contributed by atoms with van der Waals surface area (Å²) in [6, 6.07) is 7.94. The van der Waals surface area contributed by atoms with Gasteiger partial charge in [-0.05, 0) is 57.9 Å². The highest BCUT2D eigenvalue weighted by Crippen LogP contribution is 2.16. The summed E-state index contributed by atoms with van der Waals surface area (Å²) in [7, 11) is 0. The number of benzene rings is 1. The molecule has 0 unspecified atom stereocenters. The first-order valence-corrected chi connectivity index (χ1v) is 8.66. The fourth-order valence-electron chi connectivity index (χ4n) is 2.64. The predicted octanol–water partition coefficient (Wildman–Crippen LogP) is 2.67. The SMILES string of the molecule is CC(C)(C)OC(=O)COc1cccc(CCCN2CCOCC2)c1. The largest absolute Gasteiger partial charge is 0.482 e. The van der Waals surface area contributed by atoms with Crippen molar-refractivity contribution >= 4 is 5.97 Å². The highest BCUT2D eigenvalue weighted by Gasteiger charge is 2.16. The summed E-state index contributed by atoms with van der Waals surface area (Å²) >= 11 is 0. The lowest BCUT2D eigenvalue weighted by molar-refractivity contribution is -0.157. The summed E-state index contributed by atoms with van der Waals surface area (Å²) < 4.78 is 16.2. The minimum atomic E-state index is -0.484. The van der Waals surface area contributed by atoms with Gasteiger partial charge in [0.1, 0.15) is 11.4 Å². The van der Waals surface area contributed by atoms with Crippen LogP contribution in [0.25, 0.3) is 0 Å². The minimum Gasteiger partial charge on any atom is -0.482 e. The van der Waals surface area contributed by atoms with Crippen LogP contribution in [0.15, 0.2) is 24.3 Å². The molecule has 0 bridgehead atoms. The van der Waals surface area contributed by atoms with Crippen LogP contribution in [0.3, 0.4) is 0 Å². The molecule has 0 aromatic heterocycles. The number of ether oxygens (including phenoxy) is 3. The standard InChI is InChI=1S/C19H29NO4/c1-19(2,3)24-18(21)15-23-17-8-4-6-16(14-17)7-5-9-20-10-12-22-13-11-20/h4,6,8,14H,5,7,9-13,15H2,1-3H3. The first kappa shape index (κ1) is 18.7. The summed E-state index contributed by atoms with van der Waals surface area (Å²) in [6.45, 7) is 10.3. The number of nitrogens with zero attached hydrogens (tertiary/aromatic N) is 1. The molecule has 5 heteroatoms. The van der Waals surface area contributed by atoms with Crippen molar-refractivity contribution in [1.29, 1.82) is 0 Å². The molecule has 1 saturated heterocycles. The third kappa shape index (κ3) is 7.32. The van der Waals surface area contributed by atoms with Crippen LogP contribution < -0.4 is 4.74 Å². The van der Waals surface area contributed by atoms with Gasteiger partial charge < -0.3 is 14.2 Å². The molecule has 134 valence electrons. The lowest BCUT2D eigenvalue weighted by Gasteiger charge is -2.26. The van der Waals surface area contributed by atoms with Crippen LogP contribution in [-0.4, -0.2) is 55.9 Å². The molecular weight excluding hydrogens is 306 g/mol. The third-order valence-electron chi connectivity index (χ3n) is 3.72. The number of rotatable bonds is 7. The summed E-state index contributed by atoms with van der Waals surface area (Å²) in [5, 5.41) is 0. The smallest absolute Gasteiger partial charge is 0.344 e. The van der Waals surface area contributed by atoms with Gasteiger partial charge in [0.2, 0.25) is 0 Å². The quantitative estimate of drug-likeness (QED) is 0.717. The van der Waals surface area contributed by atoms with Crippen LogP contribution in [0.2, 0.25) is 0 Å². The van der Waals surface area contributed by atoms with Crippen molar-refractivity contribution in [2.75, 3.05) is 39.5 Å². The topological polar surface area (TPSA) is 48.0 Å². The summed E-state index contributed by atoms with van der Waals surface area (Å²) in [4.78, 5) is 14.1. The number of aryl methyl sites for hydroxylation is 1. The van der Waals surface area contributed by atoms with Crippen LogP contribution in [0, 0.1) is 0 Å². The Kier molecular flexibility index (Phi) is 7.06. The number of hydrogen-bond donors (Lipinski definition) is 0. The van der Waals surface area contributed by atoms with E-state index in [-0.39, 0.29) is 12.6 Å². The van der Waals surface area contributed by atoms with Gasteiger partial charge in [0, 0.05) is 13.1 Å². The molecular formula is C19H29NO4. The van der Waals surface area contributed by atoms with Crippen molar-refractivity contribution in [1.82, 2.24) is 4.90 Å². The number of morpholine rings is 1. The molecule has 1 aromatic rings. The normalized spacial score (nSPS) is 16.0. The third-order valence-corrected chi connectivity index (χ3v) is 3.72. The Balaban J connectivity index is 1.73. The van der Waals surface area contributed by atoms with Gasteiger partial charge in [-0.3, -0.25) is 4.90 Å². The molecule has 1 aliphatic rings. The fraction of sp³-hybridized carbons (Fsp3) is 0.632. The van der Waals surface area contributed by atoms with E-state index in [4.69, 9.17) is 14.2 Å². The Morgan fingerprint density at radius 1 is 1.25 bits per heavy atom. The molecule has 0 aliphatic carbocycles. The molecule has 1 aromatic carbocycles. The summed E-state index contributed by atoms with van der Waals surface area (Å²) in [6.07, 6.45) is 2.11. The Morgan fingerprint density at radius 2 is 2.00 bits per heavy atom. The Labute approximate surface area is 144 Å². The second-order valence-corrected chi connectivity index (χ2v) is 7.08. The van der Waals surface area contributed by atoms with Crippen molar-refractivity contribution in [2.45, 2.75) is 39.2 Å². The number of hydrogen-bond acceptors (Lipinski definition) is 5. The van der Waals surface area contributed by atoms with Crippen molar-refractivity contribution < 1.29 is 19.0 Å². The molecule has 0 spiro atoms. The first-order valence-electron chi connectivity index (χ1n) is 8.66. The lowest BCUT2D eigenvalue weighted by Crippen LogP contribution is -2.36. The summed E-state index contributed by atoms with van der Waals surface area (Å²) in [5.41, 5.74) is 0.742. The van der Waals surface area contributed by atoms with Crippen LogP contribution in [0.5, 0.6) is 5.75 Å². The number of carbonyl (C=O) groups is 1. The molecule has 0 radical (unpaired) electrons. The zero-order valence-electron chi connectivity index (χ0n) is 15.0. The zero-order chi connectivity index (χ0) is 17.4. The van der Waals surface area contributed by atoms with Crippen molar-refractivity contribution in [3.63, 3.8) is 0 Å². The van der Waals surface area contributed by atoms with Crippen molar-refractivity contribution in [3.05, 3.63) is 29.8 Å². The molecule has 0 saturated carbocycles. The van der Waals surface area contributed by atoms with E-state index in [1.807, 2.05) is 39.0 Å². The number of carbonyl (C=O) groups excluding carboxylic acids is 1. The number of esters is 1. The average molecular weight is 335 g/mol. The Bertz CT molecular complexity index is 518. The van der Waals surface area contributed by atoms with E-state index < -0.39 is 5.60 Å². The average Bonchev–Trinajstić information content (AvgIpc) is 2.53. The molecule has 1 aliphatic heterocycles. The zero-order valence-corrected chi connectivity index (χ0v) is 15.0. The Hall–Kier alpha value is -1.59. The molecule has 24 heavy (non-hydrogen) atoms.